The fraction of sp³-hybridized carbons (Fsp3) is 0.0833. The molecule has 1 heterocycles. The number of benzene rings is 3. The zero-order valence-electron chi connectivity index (χ0n) is 18.8. The second-order valence-electron chi connectivity index (χ2n) is 7.54. The highest BCUT2D eigenvalue weighted by atomic mass is 35.5. The number of nitrogens with zero attached hydrogens (tertiary/aromatic N) is 2. The maximum Gasteiger partial charge on any atom is 0.342 e. The number of nitro groups is 1. The number of carbonyl (C=O) groups excluding carboxylic acids is 2. The number of rotatable bonds is 6. The van der Waals surface area contributed by atoms with Crippen molar-refractivity contribution in [1.82, 2.24) is 0 Å². The van der Waals surface area contributed by atoms with Crippen molar-refractivity contribution in [3.8, 4) is 0 Å². The summed E-state index contributed by atoms with van der Waals surface area (Å²) in [5, 5.41) is 11.7. The third-order valence-electron chi connectivity index (χ3n) is 5.31. The Morgan fingerprint density at radius 2 is 1.75 bits per heavy atom. The number of halogens is 1. The smallest absolute Gasteiger partial charge is 0.342 e. The maximum absolute atomic E-state index is 13.7. The Balaban J connectivity index is 1.96. The van der Waals surface area contributed by atoms with Crippen LogP contribution in [0, 0.1) is 17.0 Å². The summed E-state index contributed by atoms with van der Waals surface area (Å²) in [6, 6.07) is 13.9. The van der Waals surface area contributed by atoms with Gasteiger partial charge in [-0.1, -0.05) is 17.7 Å². The highest BCUT2D eigenvalue weighted by Crippen LogP contribution is 2.34. The van der Waals surface area contributed by atoms with Crippen molar-refractivity contribution in [2.24, 2.45) is 0 Å². The van der Waals surface area contributed by atoms with E-state index in [2.05, 4.69) is 0 Å². The first-order valence-corrected chi connectivity index (χ1v) is 12.1. The number of amides is 1. The molecule has 4 rings (SSSR count). The molecule has 4 aromatic rings. The first-order valence-electron chi connectivity index (χ1n) is 10.3. The van der Waals surface area contributed by atoms with E-state index in [0.717, 1.165) is 6.07 Å². The minimum Gasteiger partial charge on any atom is -0.465 e. The molecule has 0 saturated carbocycles. The lowest BCUT2D eigenvalue weighted by Crippen LogP contribution is -2.37. The normalized spacial score (nSPS) is 11.3. The summed E-state index contributed by atoms with van der Waals surface area (Å²) in [7, 11) is -3.36. The van der Waals surface area contributed by atoms with Gasteiger partial charge in [0.15, 0.2) is 0 Å². The van der Waals surface area contributed by atoms with Crippen LogP contribution in [0.2, 0.25) is 5.02 Å². The van der Waals surface area contributed by atoms with E-state index in [9.17, 15) is 28.1 Å². The van der Waals surface area contributed by atoms with Gasteiger partial charge in [-0.05, 0) is 55.5 Å². The van der Waals surface area contributed by atoms with Crippen LogP contribution in [0.3, 0.4) is 0 Å². The fourth-order valence-corrected chi connectivity index (χ4v) is 5.17. The molecule has 0 bridgehead atoms. The van der Waals surface area contributed by atoms with Crippen molar-refractivity contribution < 1.29 is 32.1 Å². The first kappa shape index (κ1) is 24.9. The number of methoxy groups -OCH3 is 1. The molecule has 1 amide bonds. The van der Waals surface area contributed by atoms with E-state index >= 15 is 0 Å². The number of hydrogen-bond acceptors (Lipinski definition) is 8. The molecule has 0 radical (unpaired) electrons. The van der Waals surface area contributed by atoms with Crippen molar-refractivity contribution in [1.29, 1.82) is 0 Å². The van der Waals surface area contributed by atoms with E-state index in [1.807, 2.05) is 0 Å². The van der Waals surface area contributed by atoms with E-state index in [4.69, 9.17) is 20.8 Å². The van der Waals surface area contributed by atoms with Gasteiger partial charge in [0, 0.05) is 28.1 Å². The average Bonchev–Trinajstić information content (AvgIpc) is 3.18. The van der Waals surface area contributed by atoms with E-state index in [0.29, 0.717) is 4.31 Å². The molecule has 12 heteroatoms. The van der Waals surface area contributed by atoms with Crippen LogP contribution in [0.1, 0.15) is 26.5 Å². The maximum atomic E-state index is 13.7. The van der Waals surface area contributed by atoms with Gasteiger partial charge in [-0.25, -0.2) is 13.2 Å². The number of ether oxygens (including phenoxy) is 1. The Morgan fingerprint density at radius 3 is 2.39 bits per heavy atom. The van der Waals surface area contributed by atoms with E-state index < -0.39 is 32.5 Å². The van der Waals surface area contributed by atoms with Gasteiger partial charge in [-0.2, -0.15) is 4.31 Å². The molecule has 0 unspecified atom stereocenters. The Labute approximate surface area is 209 Å². The lowest BCUT2D eigenvalue weighted by Gasteiger charge is -2.23. The Bertz CT molecular complexity index is 1630. The molecule has 3 aromatic carbocycles. The zero-order chi connectivity index (χ0) is 26.2. The van der Waals surface area contributed by atoms with Crippen LogP contribution >= 0.6 is 11.6 Å². The van der Waals surface area contributed by atoms with Crippen molar-refractivity contribution in [2.75, 3.05) is 11.4 Å². The number of anilines is 1. The monoisotopic (exact) mass is 528 g/mol. The summed E-state index contributed by atoms with van der Waals surface area (Å²) in [5.41, 5.74) is -0.416. The van der Waals surface area contributed by atoms with Crippen LogP contribution in [-0.4, -0.2) is 32.3 Å². The predicted molar refractivity (Wildman–Crippen MR) is 131 cm³/mol. The molecule has 0 N–H and O–H groups in total. The number of aryl methyl sites for hydroxylation is 1. The van der Waals surface area contributed by atoms with Crippen molar-refractivity contribution in [2.45, 2.75) is 11.8 Å². The number of hydrogen-bond donors (Lipinski definition) is 0. The van der Waals surface area contributed by atoms with Gasteiger partial charge in [0.25, 0.3) is 21.6 Å². The van der Waals surface area contributed by atoms with Crippen LogP contribution in [0.15, 0.2) is 76.0 Å². The lowest BCUT2D eigenvalue weighted by atomic mass is 10.1. The summed E-state index contributed by atoms with van der Waals surface area (Å²) in [4.78, 5) is 36.2. The van der Waals surface area contributed by atoms with Gasteiger partial charge in [-0.15, -0.1) is 0 Å². The molecular formula is C24H17ClN2O8S. The minimum atomic E-state index is -4.54. The standard InChI is InChI=1S/C24H17ClN2O8S/c1-14-22(24(29)34-2)20-13-17(8-11-21(20)35-14)26(36(32,33)19-9-6-16(25)7-10-19)23(28)15-4-3-5-18(12-15)27(30)31/h3-13H,1-2H3. The van der Waals surface area contributed by atoms with Gasteiger partial charge < -0.3 is 9.15 Å². The molecule has 0 aliphatic heterocycles. The van der Waals surface area contributed by atoms with Gasteiger partial charge in [0.05, 0.1) is 22.6 Å². The molecule has 0 fully saturated rings. The SMILES string of the molecule is COC(=O)c1c(C)oc2ccc(N(C(=O)c3cccc([N+](=O)[O-])c3)S(=O)(=O)c3ccc(Cl)cc3)cc12. The second kappa shape index (κ2) is 9.44. The molecule has 184 valence electrons. The number of sulfonamides is 1. The highest BCUT2D eigenvalue weighted by Gasteiger charge is 2.33. The van der Waals surface area contributed by atoms with E-state index in [1.54, 1.807) is 6.92 Å². The number of carbonyl (C=O) groups is 2. The fourth-order valence-electron chi connectivity index (χ4n) is 3.64. The van der Waals surface area contributed by atoms with Crippen molar-refractivity contribution in [3.63, 3.8) is 0 Å². The second-order valence-corrected chi connectivity index (χ2v) is 9.76. The third-order valence-corrected chi connectivity index (χ3v) is 7.29. The number of non-ortho nitro benzene ring substituents is 1. The van der Waals surface area contributed by atoms with Gasteiger partial charge in [-0.3, -0.25) is 14.9 Å². The summed E-state index contributed by atoms with van der Waals surface area (Å²) in [6.45, 7) is 1.54. The molecule has 0 spiro atoms. The van der Waals surface area contributed by atoms with Gasteiger partial charge in [0.1, 0.15) is 16.9 Å². The van der Waals surface area contributed by atoms with Crippen molar-refractivity contribution >= 4 is 55.8 Å². The Kier molecular flexibility index (Phi) is 6.53. The Morgan fingerprint density at radius 1 is 1.06 bits per heavy atom. The zero-order valence-corrected chi connectivity index (χ0v) is 20.4. The average molecular weight is 529 g/mol. The summed E-state index contributed by atoms with van der Waals surface area (Å²) in [5.74, 6) is -1.51. The molecule has 0 aliphatic carbocycles. The highest BCUT2D eigenvalue weighted by molar-refractivity contribution is 7.93. The molecular weight excluding hydrogens is 512 g/mol. The predicted octanol–water partition coefficient (Wildman–Crippen LogP) is 5.13. The van der Waals surface area contributed by atoms with E-state index in [1.165, 1.54) is 67.8 Å². The minimum absolute atomic E-state index is 0.0704. The van der Waals surface area contributed by atoms with Gasteiger partial charge >= 0.3 is 5.97 Å². The Hall–Kier alpha value is -4.22. The molecule has 0 aliphatic rings. The molecule has 36 heavy (non-hydrogen) atoms. The first-order chi connectivity index (χ1) is 17.0. The van der Waals surface area contributed by atoms with Crippen LogP contribution < -0.4 is 4.31 Å². The number of esters is 1. The number of nitro benzene ring substituents is 1. The van der Waals surface area contributed by atoms with Crippen LogP contribution in [0.5, 0.6) is 0 Å². The summed E-state index contributed by atoms with van der Waals surface area (Å²) < 4.78 is 38.3. The molecule has 10 nitrogen and oxygen atoms in total. The lowest BCUT2D eigenvalue weighted by molar-refractivity contribution is -0.384. The third kappa shape index (κ3) is 4.41. The summed E-state index contributed by atoms with van der Waals surface area (Å²) in [6.07, 6.45) is 0. The molecule has 1 aromatic heterocycles. The quantitative estimate of drug-likeness (QED) is 0.191. The largest absolute Gasteiger partial charge is 0.465 e. The van der Waals surface area contributed by atoms with Crippen LogP contribution in [-0.2, 0) is 14.8 Å². The van der Waals surface area contributed by atoms with Crippen LogP contribution in [0.25, 0.3) is 11.0 Å². The summed E-state index contributed by atoms with van der Waals surface area (Å²) >= 11 is 5.90. The topological polar surface area (TPSA) is 137 Å². The van der Waals surface area contributed by atoms with Crippen molar-refractivity contribution in [3.05, 3.63) is 98.8 Å². The molecule has 0 saturated heterocycles. The number of fused-ring (bicyclic) bond motifs is 1. The van der Waals surface area contributed by atoms with Crippen LogP contribution in [0.4, 0.5) is 11.4 Å². The van der Waals surface area contributed by atoms with Gasteiger partial charge in [0.2, 0.25) is 0 Å². The molecule has 0 atom stereocenters. The number of furan rings is 1. The van der Waals surface area contributed by atoms with E-state index in [-0.39, 0.29) is 43.5 Å².